The van der Waals surface area contributed by atoms with Crippen molar-refractivity contribution in [1.29, 1.82) is 0 Å². The van der Waals surface area contributed by atoms with Crippen molar-refractivity contribution in [3.05, 3.63) is 53.6 Å². The standard InChI is InChI=1S/C25H26N2O7S2/c1-32-24(29)16-4-9-20-21(14-16)35-25(26-20)27-23(28)22(34-17-10-12-33-13-11-17)15-2-5-18(6-3-15)36(30,31)19-7-8-19/h2-6,9,14,17,19,22H,7-8,10-13H2,1H3,(H,26,27,28). The lowest BCUT2D eigenvalue weighted by Gasteiger charge is -2.27. The summed E-state index contributed by atoms with van der Waals surface area (Å²) >= 11 is 1.24. The van der Waals surface area contributed by atoms with Crippen molar-refractivity contribution in [2.24, 2.45) is 0 Å². The van der Waals surface area contributed by atoms with Crippen LogP contribution in [0.5, 0.6) is 0 Å². The van der Waals surface area contributed by atoms with Crippen LogP contribution < -0.4 is 5.32 Å². The van der Waals surface area contributed by atoms with Crippen LogP contribution in [0.3, 0.4) is 0 Å². The number of ether oxygens (including phenoxy) is 3. The van der Waals surface area contributed by atoms with Crippen molar-refractivity contribution >= 4 is 48.4 Å². The van der Waals surface area contributed by atoms with Crippen molar-refractivity contribution < 1.29 is 32.2 Å². The summed E-state index contributed by atoms with van der Waals surface area (Å²) in [6.07, 6.45) is 1.58. The van der Waals surface area contributed by atoms with E-state index in [1.807, 2.05) is 0 Å². The Morgan fingerprint density at radius 3 is 2.47 bits per heavy atom. The Morgan fingerprint density at radius 1 is 1.08 bits per heavy atom. The van der Waals surface area contributed by atoms with Crippen LogP contribution in [-0.4, -0.2) is 57.0 Å². The fourth-order valence-corrected chi connectivity index (χ4v) is 6.66. The third-order valence-corrected chi connectivity index (χ3v) is 9.46. The van der Waals surface area contributed by atoms with Crippen molar-refractivity contribution in [3.63, 3.8) is 0 Å². The smallest absolute Gasteiger partial charge is 0.337 e. The molecule has 1 amide bonds. The van der Waals surface area contributed by atoms with E-state index in [2.05, 4.69) is 10.3 Å². The number of benzene rings is 2. The van der Waals surface area contributed by atoms with Gasteiger partial charge in [0.25, 0.3) is 5.91 Å². The highest BCUT2D eigenvalue weighted by molar-refractivity contribution is 7.92. The molecular formula is C25H26N2O7S2. The zero-order valence-electron chi connectivity index (χ0n) is 19.6. The molecule has 1 aliphatic heterocycles. The Kier molecular flexibility index (Phi) is 7.07. The second-order valence-electron chi connectivity index (χ2n) is 8.82. The number of aromatic nitrogens is 1. The number of nitrogens with one attached hydrogen (secondary N) is 1. The van der Waals surface area contributed by atoms with Crippen molar-refractivity contribution in [2.45, 2.75) is 48.0 Å². The van der Waals surface area contributed by atoms with Gasteiger partial charge in [-0.05, 0) is 61.6 Å². The van der Waals surface area contributed by atoms with E-state index in [0.717, 1.165) is 4.70 Å². The van der Waals surface area contributed by atoms with Crippen LogP contribution in [0, 0.1) is 0 Å². The highest BCUT2D eigenvalue weighted by atomic mass is 32.2. The summed E-state index contributed by atoms with van der Waals surface area (Å²) in [5, 5.41) is 2.89. The summed E-state index contributed by atoms with van der Waals surface area (Å²) in [6.45, 7) is 1.11. The number of carbonyl (C=O) groups excluding carboxylic acids is 2. The lowest BCUT2D eigenvalue weighted by Crippen LogP contribution is -2.31. The summed E-state index contributed by atoms with van der Waals surface area (Å²) in [7, 11) is -2.01. The van der Waals surface area contributed by atoms with Crippen LogP contribution in [0.2, 0.25) is 0 Å². The Morgan fingerprint density at radius 2 is 1.81 bits per heavy atom. The molecule has 1 unspecified atom stereocenters. The Bertz CT molecular complexity index is 1380. The Hall–Kier alpha value is -2.86. The molecule has 190 valence electrons. The molecule has 1 aliphatic carbocycles. The molecule has 9 nitrogen and oxygen atoms in total. The quantitative estimate of drug-likeness (QED) is 0.436. The SMILES string of the molecule is COC(=O)c1ccc2nc(NC(=O)C(OC3CCOCC3)c3ccc(S(=O)(=O)C4CC4)cc3)sc2c1. The number of methoxy groups -OCH3 is 1. The number of hydrogen-bond acceptors (Lipinski definition) is 9. The first-order valence-corrected chi connectivity index (χ1v) is 14.1. The monoisotopic (exact) mass is 530 g/mol. The second kappa shape index (κ2) is 10.3. The average molecular weight is 531 g/mol. The molecule has 0 spiro atoms. The molecule has 2 aliphatic rings. The van der Waals surface area contributed by atoms with Crippen LogP contribution in [0.4, 0.5) is 5.13 Å². The fraction of sp³-hybridized carbons (Fsp3) is 0.400. The van der Waals surface area contributed by atoms with Crippen LogP contribution in [0.1, 0.15) is 47.7 Å². The minimum atomic E-state index is -3.33. The van der Waals surface area contributed by atoms with Crippen LogP contribution >= 0.6 is 11.3 Å². The molecule has 5 rings (SSSR count). The number of anilines is 1. The summed E-state index contributed by atoms with van der Waals surface area (Å²) in [4.78, 5) is 29.9. The largest absolute Gasteiger partial charge is 0.465 e. The summed E-state index contributed by atoms with van der Waals surface area (Å²) in [5.74, 6) is -0.862. The van der Waals surface area contributed by atoms with Gasteiger partial charge in [-0.3, -0.25) is 10.1 Å². The number of rotatable bonds is 8. The second-order valence-corrected chi connectivity index (χ2v) is 12.1. The molecule has 36 heavy (non-hydrogen) atoms. The maximum atomic E-state index is 13.4. The van der Waals surface area contributed by atoms with E-state index in [1.165, 1.54) is 18.4 Å². The normalized spacial score (nSPS) is 17.6. The molecular weight excluding hydrogens is 504 g/mol. The molecule has 2 fully saturated rings. The molecule has 0 radical (unpaired) electrons. The molecule has 2 aromatic carbocycles. The number of amides is 1. The van der Waals surface area contributed by atoms with Gasteiger partial charge in [0.2, 0.25) is 0 Å². The van der Waals surface area contributed by atoms with Crippen molar-refractivity contribution in [2.75, 3.05) is 25.6 Å². The van der Waals surface area contributed by atoms with Crippen molar-refractivity contribution in [1.82, 2.24) is 4.98 Å². The molecule has 1 aromatic heterocycles. The number of esters is 1. The highest BCUT2D eigenvalue weighted by Gasteiger charge is 2.37. The number of carbonyl (C=O) groups is 2. The van der Waals surface area contributed by atoms with Gasteiger partial charge in [-0.2, -0.15) is 0 Å². The lowest BCUT2D eigenvalue weighted by atomic mass is 10.1. The van der Waals surface area contributed by atoms with Gasteiger partial charge in [0.05, 0.1) is 39.1 Å². The number of hydrogen-bond donors (Lipinski definition) is 1. The van der Waals surface area contributed by atoms with E-state index < -0.39 is 27.8 Å². The molecule has 3 aromatic rings. The van der Waals surface area contributed by atoms with E-state index in [1.54, 1.807) is 42.5 Å². The molecule has 0 bridgehead atoms. The maximum absolute atomic E-state index is 13.4. The third-order valence-electron chi connectivity index (χ3n) is 6.25. The van der Waals surface area contributed by atoms with Gasteiger partial charge < -0.3 is 14.2 Å². The molecule has 1 atom stereocenters. The van der Waals surface area contributed by atoms with Crippen LogP contribution in [0.15, 0.2) is 47.4 Å². The fourth-order valence-electron chi connectivity index (χ4n) is 4.09. The number of sulfone groups is 1. The zero-order valence-corrected chi connectivity index (χ0v) is 21.3. The van der Waals surface area contributed by atoms with E-state index in [9.17, 15) is 18.0 Å². The first-order valence-electron chi connectivity index (χ1n) is 11.7. The molecule has 2 heterocycles. The lowest BCUT2D eigenvalue weighted by molar-refractivity contribution is -0.136. The Labute approximate surface area is 212 Å². The van der Waals surface area contributed by atoms with Crippen molar-refractivity contribution in [3.8, 4) is 0 Å². The van der Waals surface area contributed by atoms with E-state index >= 15 is 0 Å². The third kappa shape index (κ3) is 5.29. The van der Waals surface area contributed by atoms with E-state index in [0.29, 0.717) is 60.7 Å². The summed E-state index contributed by atoms with van der Waals surface area (Å²) in [6, 6.07) is 11.4. The van der Waals surface area contributed by atoms with Crippen LogP contribution in [-0.2, 0) is 28.8 Å². The zero-order chi connectivity index (χ0) is 25.3. The highest BCUT2D eigenvalue weighted by Crippen LogP contribution is 2.35. The summed E-state index contributed by atoms with van der Waals surface area (Å²) in [5.41, 5.74) is 1.59. The first-order chi connectivity index (χ1) is 17.3. The number of nitrogens with zero attached hydrogens (tertiary/aromatic N) is 1. The molecule has 11 heteroatoms. The Balaban J connectivity index is 1.39. The van der Waals surface area contributed by atoms with Gasteiger partial charge in [0, 0.05) is 13.2 Å². The van der Waals surface area contributed by atoms with E-state index in [-0.39, 0.29) is 16.2 Å². The first kappa shape index (κ1) is 24.8. The number of fused-ring (bicyclic) bond motifs is 1. The van der Waals surface area contributed by atoms with Crippen LogP contribution in [0.25, 0.3) is 10.2 Å². The topological polar surface area (TPSA) is 121 Å². The minimum absolute atomic E-state index is 0.164. The number of thiazole rings is 1. The van der Waals surface area contributed by atoms with Gasteiger partial charge in [0.15, 0.2) is 21.1 Å². The molecule has 1 saturated carbocycles. The average Bonchev–Trinajstić information content (AvgIpc) is 3.68. The van der Waals surface area contributed by atoms with Gasteiger partial charge >= 0.3 is 5.97 Å². The predicted molar refractivity (Wildman–Crippen MR) is 134 cm³/mol. The van der Waals surface area contributed by atoms with Gasteiger partial charge in [-0.25, -0.2) is 18.2 Å². The molecule has 1 saturated heterocycles. The molecule has 1 N–H and O–H groups in total. The van der Waals surface area contributed by atoms with Gasteiger partial charge in [0.1, 0.15) is 0 Å². The maximum Gasteiger partial charge on any atom is 0.337 e. The van der Waals surface area contributed by atoms with E-state index in [4.69, 9.17) is 14.2 Å². The van der Waals surface area contributed by atoms with Gasteiger partial charge in [-0.1, -0.05) is 23.5 Å². The summed E-state index contributed by atoms with van der Waals surface area (Å²) < 4.78 is 42.3. The predicted octanol–water partition coefficient (Wildman–Crippen LogP) is 3.89. The minimum Gasteiger partial charge on any atom is -0.465 e. The van der Waals surface area contributed by atoms with Gasteiger partial charge in [-0.15, -0.1) is 0 Å².